The minimum Gasteiger partial charge on any atom is -0.389 e. The molecule has 200 valence electrons. The summed E-state index contributed by atoms with van der Waals surface area (Å²) in [4.78, 5) is 18.2. The Morgan fingerprint density at radius 2 is 2.00 bits per heavy atom. The van der Waals surface area contributed by atoms with Gasteiger partial charge in [0, 0.05) is 74.0 Å². The highest BCUT2D eigenvalue weighted by atomic mass is 32.1. The summed E-state index contributed by atoms with van der Waals surface area (Å²) in [6.07, 6.45) is 2.73. The Hall–Kier alpha value is -3.20. The van der Waals surface area contributed by atoms with Crippen LogP contribution in [0.4, 0.5) is 16.5 Å². The van der Waals surface area contributed by atoms with Gasteiger partial charge in [-0.3, -0.25) is 0 Å². The number of hydrogen-bond donors (Lipinski definition) is 2. The zero-order valence-corrected chi connectivity index (χ0v) is 23.1. The van der Waals surface area contributed by atoms with Crippen LogP contribution in [0.15, 0.2) is 16.7 Å². The van der Waals surface area contributed by atoms with Gasteiger partial charge in [0.15, 0.2) is 0 Å². The number of likely N-dealkylation sites (N-methyl/N-ethyl adjacent to an activating group) is 1. The van der Waals surface area contributed by atoms with Crippen molar-refractivity contribution in [1.29, 1.82) is 5.26 Å². The Bertz CT molecular complexity index is 1370. The van der Waals surface area contributed by atoms with E-state index < -0.39 is 5.41 Å². The molecule has 0 amide bonds. The van der Waals surface area contributed by atoms with Gasteiger partial charge in [-0.1, -0.05) is 5.16 Å². The summed E-state index contributed by atoms with van der Waals surface area (Å²) in [6.45, 7) is 11.0. The standard InChI is InChI=1S/C27H35N9OS/c1-17-16-36(8-7-30-17)18-13-20(31-22(14-18)35-11-9-34(3)10-12-35)25-32-26(37-33-25)27(2)6-4-5-21-23(27)19(15-28)24(29)38-21/h13-14,17,30H,4-12,16,29H2,1-3H3. The van der Waals surface area contributed by atoms with Crippen LogP contribution in [-0.4, -0.2) is 78.9 Å². The molecule has 0 radical (unpaired) electrons. The molecule has 3 aromatic heterocycles. The number of pyridine rings is 1. The summed E-state index contributed by atoms with van der Waals surface area (Å²) in [5.74, 6) is 1.95. The fourth-order valence-corrected chi connectivity index (χ4v) is 7.22. The van der Waals surface area contributed by atoms with Gasteiger partial charge in [0.05, 0.1) is 11.0 Å². The van der Waals surface area contributed by atoms with Gasteiger partial charge in [-0.15, -0.1) is 11.3 Å². The summed E-state index contributed by atoms with van der Waals surface area (Å²) in [6, 6.07) is 7.03. The van der Waals surface area contributed by atoms with Crippen LogP contribution in [0.25, 0.3) is 11.5 Å². The predicted octanol–water partition coefficient (Wildman–Crippen LogP) is 2.84. The van der Waals surface area contributed by atoms with E-state index >= 15 is 0 Å². The van der Waals surface area contributed by atoms with Gasteiger partial charge in [-0.05, 0) is 46.2 Å². The Balaban J connectivity index is 1.39. The van der Waals surface area contributed by atoms with Crippen molar-refractivity contribution >= 4 is 27.8 Å². The number of anilines is 3. The van der Waals surface area contributed by atoms with Gasteiger partial charge >= 0.3 is 0 Å². The second-order valence-corrected chi connectivity index (χ2v) is 12.2. The number of aromatic nitrogens is 3. The molecule has 6 rings (SSSR count). The molecule has 2 unspecified atom stereocenters. The highest BCUT2D eigenvalue weighted by molar-refractivity contribution is 7.16. The van der Waals surface area contributed by atoms with Crippen molar-refractivity contribution in [2.24, 2.45) is 0 Å². The normalized spacial score (nSPS) is 24.3. The van der Waals surface area contributed by atoms with Gasteiger partial charge in [0.1, 0.15) is 22.6 Å². The van der Waals surface area contributed by atoms with Crippen molar-refractivity contribution < 1.29 is 4.52 Å². The number of thiophene rings is 1. The molecule has 5 heterocycles. The molecule has 2 aliphatic heterocycles. The van der Waals surface area contributed by atoms with E-state index in [0.29, 0.717) is 34.0 Å². The van der Waals surface area contributed by atoms with Crippen LogP contribution >= 0.6 is 11.3 Å². The number of piperazine rings is 2. The number of nitrogens with two attached hydrogens (primary N) is 1. The Labute approximate surface area is 227 Å². The van der Waals surface area contributed by atoms with Crippen molar-refractivity contribution in [3.63, 3.8) is 0 Å². The van der Waals surface area contributed by atoms with Gasteiger partial charge in [0.25, 0.3) is 0 Å². The highest BCUT2D eigenvalue weighted by Crippen LogP contribution is 2.48. The van der Waals surface area contributed by atoms with Crippen molar-refractivity contribution in [2.45, 2.75) is 44.6 Å². The third-order valence-corrected chi connectivity index (χ3v) is 9.32. The van der Waals surface area contributed by atoms with Crippen molar-refractivity contribution in [3.05, 3.63) is 34.0 Å². The van der Waals surface area contributed by atoms with E-state index in [-0.39, 0.29) is 0 Å². The summed E-state index contributed by atoms with van der Waals surface area (Å²) in [5, 5.41) is 18.4. The molecule has 2 saturated heterocycles. The predicted molar refractivity (Wildman–Crippen MR) is 150 cm³/mol. The van der Waals surface area contributed by atoms with Crippen molar-refractivity contribution in [3.8, 4) is 17.6 Å². The number of nitrogen functional groups attached to an aromatic ring is 1. The number of rotatable bonds is 4. The van der Waals surface area contributed by atoms with E-state index in [9.17, 15) is 5.26 Å². The Kier molecular flexibility index (Phi) is 6.50. The van der Waals surface area contributed by atoms with Crippen LogP contribution in [0, 0.1) is 11.3 Å². The van der Waals surface area contributed by atoms with Gasteiger partial charge in [0.2, 0.25) is 11.7 Å². The minimum atomic E-state index is -0.552. The average molecular weight is 534 g/mol. The molecule has 0 saturated carbocycles. The van der Waals surface area contributed by atoms with Gasteiger partial charge in [-0.2, -0.15) is 10.2 Å². The minimum absolute atomic E-state index is 0.414. The maximum absolute atomic E-state index is 9.85. The van der Waals surface area contributed by atoms with Gasteiger partial charge in [-0.25, -0.2) is 4.98 Å². The number of nitriles is 1. The third kappa shape index (κ3) is 4.40. The first-order chi connectivity index (χ1) is 18.4. The summed E-state index contributed by atoms with van der Waals surface area (Å²) in [5.41, 5.74) is 9.02. The van der Waals surface area contributed by atoms with Crippen LogP contribution in [0.1, 0.15) is 48.6 Å². The van der Waals surface area contributed by atoms with Crippen LogP contribution in [0.5, 0.6) is 0 Å². The maximum Gasteiger partial charge on any atom is 0.237 e. The van der Waals surface area contributed by atoms with Crippen LogP contribution in [0.2, 0.25) is 0 Å². The fraction of sp³-hybridized carbons (Fsp3) is 0.556. The van der Waals surface area contributed by atoms with Crippen molar-refractivity contribution in [1.82, 2.24) is 25.3 Å². The number of fused-ring (bicyclic) bond motifs is 1. The molecular weight excluding hydrogens is 498 g/mol. The molecule has 2 fully saturated rings. The summed E-state index contributed by atoms with van der Waals surface area (Å²) < 4.78 is 5.94. The molecule has 3 aliphatic rings. The molecule has 38 heavy (non-hydrogen) atoms. The second-order valence-electron chi connectivity index (χ2n) is 11.0. The molecule has 3 aromatic rings. The topological polar surface area (TPSA) is 123 Å². The lowest BCUT2D eigenvalue weighted by Gasteiger charge is -2.36. The zero-order valence-electron chi connectivity index (χ0n) is 22.3. The van der Waals surface area contributed by atoms with E-state index in [1.807, 2.05) is 0 Å². The number of nitrogens with zero attached hydrogens (tertiary/aromatic N) is 7. The summed E-state index contributed by atoms with van der Waals surface area (Å²) >= 11 is 1.51. The van der Waals surface area contributed by atoms with Gasteiger partial charge < -0.3 is 30.3 Å². The van der Waals surface area contributed by atoms with Crippen LogP contribution in [-0.2, 0) is 11.8 Å². The van der Waals surface area contributed by atoms with Crippen LogP contribution < -0.4 is 20.9 Å². The molecule has 11 heteroatoms. The number of hydrogen-bond acceptors (Lipinski definition) is 11. The largest absolute Gasteiger partial charge is 0.389 e. The second kappa shape index (κ2) is 9.84. The first-order valence-electron chi connectivity index (χ1n) is 13.5. The Morgan fingerprint density at radius 1 is 1.18 bits per heavy atom. The lowest BCUT2D eigenvalue weighted by atomic mass is 9.72. The third-order valence-electron chi connectivity index (χ3n) is 8.24. The molecule has 0 bridgehead atoms. The SMILES string of the molecule is CC1CN(c2cc(-c3noc(C4(C)CCCc5sc(N)c(C#N)c54)n3)nc(N3CCN(C)CC3)c2)CCN1. The average Bonchev–Trinajstić information content (AvgIpc) is 3.54. The van der Waals surface area contributed by atoms with E-state index in [1.54, 1.807) is 0 Å². The van der Waals surface area contributed by atoms with E-state index in [1.165, 1.54) is 11.3 Å². The quantitative estimate of drug-likeness (QED) is 0.517. The molecule has 0 aromatic carbocycles. The summed E-state index contributed by atoms with van der Waals surface area (Å²) in [7, 11) is 2.16. The monoisotopic (exact) mass is 533 g/mol. The zero-order chi connectivity index (χ0) is 26.4. The first kappa shape index (κ1) is 25.1. The molecule has 0 spiro atoms. The molecule has 10 nitrogen and oxygen atoms in total. The number of aryl methyl sites for hydroxylation is 1. The van der Waals surface area contributed by atoms with E-state index in [0.717, 1.165) is 87.0 Å². The molecule has 1 aliphatic carbocycles. The van der Waals surface area contributed by atoms with E-state index in [2.05, 4.69) is 64.3 Å². The maximum atomic E-state index is 9.85. The van der Waals surface area contributed by atoms with Crippen molar-refractivity contribution in [2.75, 3.05) is 68.4 Å². The fourth-order valence-electron chi connectivity index (χ4n) is 6.02. The lowest BCUT2D eigenvalue weighted by molar-refractivity contribution is 0.300. The lowest BCUT2D eigenvalue weighted by Crippen LogP contribution is -2.49. The molecule has 3 N–H and O–H groups in total. The molecule has 2 atom stereocenters. The number of nitrogens with one attached hydrogen (secondary N) is 1. The smallest absolute Gasteiger partial charge is 0.237 e. The highest BCUT2D eigenvalue weighted by Gasteiger charge is 2.43. The first-order valence-corrected chi connectivity index (χ1v) is 14.3. The van der Waals surface area contributed by atoms with Crippen LogP contribution in [0.3, 0.4) is 0 Å². The van der Waals surface area contributed by atoms with E-state index in [4.69, 9.17) is 20.2 Å². The molecular formula is C27H35N9OS. The Morgan fingerprint density at radius 3 is 2.76 bits per heavy atom.